The Morgan fingerprint density at radius 1 is 1.04 bits per heavy atom. The maximum atomic E-state index is 12.5. The summed E-state index contributed by atoms with van der Waals surface area (Å²) in [7, 11) is 1.34. The first kappa shape index (κ1) is 19.4. The molecule has 0 aliphatic heterocycles. The van der Waals surface area contributed by atoms with Gasteiger partial charge >= 0.3 is 5.97 Å². The summed E-state index contributed by atoms with van der Waals surface area (Å²) in [4.78, 5) is 28.2. The zero-order valence-corrected chi connectivity index (χ0v) is 16.1. The Morgan fingerprint density at radius 3 is 2.50 bits per heavy atom. The van der Waals surface area contributed by atoms with Crippen LogP contribution in [0.5, 0.6) is 0 Å². The predicted molar refractivity (Wildman–Crippen MR) is 109 cm³/mol. The summed E-state index contributed by atoms with van der Waals surface area (Å²) in [5.41, 5.74) is 3.59. The summed E-state index contributed by atoms with van der Waals surface area (Å²) >= 11 is 6.09. The number of hydrogen-bond donors (Lipinski definition) is 2. The second-order valence-electron chi connectivity index (χ2n) is 5.99. The fraction of sp³-hybridized carbons (Fsp3) is 0.0952. The predicted octanol–water partition coefficient (Wildman–Crippen LogP) is 4.83. The number of nitrogens with zero attached hydrogens (tertiary/aromatic N) is 1. The van der Waals surface area contributed by atoms with Crippen LogP contribution in [0.3, 0.4) is 0 Å². The summed E-state index contributed by atoms with van der Waals surface area (Å²) in [5.74, 6) is -0.735. The van der Waals surface area contributed by atoms with Crippen LogP contribution < -0.4 is 10.6 Å². The highest BCUT2D eigenvalue weighted by Gasteiger charge is 2.11. The van der Waals surface area contributed by atoms with E-state index in [0.717, 1.165) is 11.3 Å². The topological polar surface area (TPSA) is 80.3 Å². The molecule has 142 valence electrons. The lowest BCUT2D eigenvalue weighted by molar-refractivity contribution is 0.0600. The van der Waals surface area contributed by atoms with E-state index in [2.05, 4.69) is 20.4 Å². The third-order valence-corrected chi connectivity index (χ3v) is 4.51. The number of nitrogens with one attached hydrogen (secondary N) is 2. The number of rotatable bonds is 5. The van der Waals surface area contributed by atoms with Crippen molar-refractivity contribution in [1.82, 2.24) is 4.98 Å². The first-order valence-corrected chi connectivity index (χ1v) is 8.83. The number of halogens is 1. The summed E-state index contributed by atoms with van der Waals surface area (Å²) in [6.45, 7) is 1.83. The van der Waals surface area contributed by atoms with E-state index in [1.54, 1.807) is 60.8 Å². The van der Waals surface area contributed by atoms with E-state index in [-0.39, 0.29) is 11.6 Å². The fourth-order valence-corrected chi connectivity index (χ4v) is 2.71. The Kier molecular flexibility index (Phi) is 5.91. The first-order valence-electron chi connectivity index (χ1n) is 8.46. The summed E-state index contributed by atoms with van der Waals surface area (Å²) in [6, 6.07) is 15.5. The number of anilines is 3. The Labute approximate surface area is 167 Å². The Bertz CT molecular complexity index is 1020. The van der Waals surface area contributed by atoms with Crippen molar-refractivity contribution >= 4 is 40.5 Å². The van der Waals surface area contributed by atoms with Gasteiger partial charge in [-0.1, -0.05) is 17.7 Å². The lowest BCUT2D eigenvalue weighted by Gasteiger charge is -2.11. The van der Waals surface area contributed by atoms with E-state index in [4.69, 9.17) is 11.6 Å². The number of hydrogen-bond acceptors (Lipinski definition) is 5. The second kappa shape index (κ2) is 8.54. The molecule has 7 heteroatoms. The number of ether oxygens (including phenoxy) is 1. The molecule has 1 heterocycles. The van der Waals surface area contributed by atoms with Crippen molar-refractivity contribution in [2.24, 2.45) is 0 Å². The molecule has 28 heavy (non-hydrogen) atoms. The van der Waals surface area contributed by atoms with Crippen LogP contribution in [0.4, 0.5) is 17.1 Å². The summed E-state index contributed by atoms with van der Waals surface area (Å²) < 4.78 is 4.68. The lowest BCUT2D eigenvalue weighted by atomic mass is 10.2. The maximum Gasteiger partial charge on any atom is 0.337 e. The van der Waals surface area contributed by atoms with Gasteiger partial charge in [0.05, 0.1) is 12.7 Å². The monoisotopic (exact) mass is 395 g/mol. The van der Waals surface area contributed by atoms with E-state index in [0.29, 0.717) is 22.0 Å². The standard InChI is InChI=1S/C21H18ClN3O3/c1-13-17(22)4-3-5-18(13)25-20(26)19-12-16(10-11-23-19)24-15-8-6-14(7-9-15)21(27)28-2/h3-12H,1-2H3,(H,23,24)(H,25,26). The van der Waals surface area contributed by atoms with Crippen LogP contribution >= 0.6 is 11.6 Å². The first-order chi connectivity index (χ1) is 13.5. The van der Waals surface area contributed by atoms with Crippen LogP contribution in [0.1, 0.15) is 26.4 Å². The number of aromatic nitrogens is 1. The van der Waals surface area contributed by atoms with E-state index in [1.165, 1.54) is 7.11 Å². The van der Waals surface area contributed by atoms with Crippen molar-refractivity contribution in [3.63, 3.8) is 0 Å². The van der Waals surface area contributed by atoms with Gasteiger partial charge in [-0.25, -0.2) is 4.79 Å². The fourth-order valence-electron chi connectivity index (χ4n) is 2.54. The SMILES string of the molecule is COC(=O)c1ccc(Nc2ccnc(C(=O)Nc3cccc(Cl)c3C)c2)cc1. The molecule has 1 aromatic heterocycles. The van der Waals surface area contributed by atoms with Gasteiger partial charge in [0, 0.05) is 28.3 Å². The molecule has 1 amide bonds. The second-order valence-corrected chi connectivity index (χ2v) is 6.40. The quantitative estimate of drug-likeness (QED) is 0.605. The number of methoxy groups -OCH3 is 1. The van der Waals surface area contributed by atoms with Crippen LogP contribution in [0, 0.1) is 6.92 Å². The molecular formula is C21H18ClN3O3. The molecule has 0 saturated heterocycles. The smallest absolute Gasteiger partial charge is 0.337 e. The molecule has 0 atom stereocenters. The molecule has 3 aromatic rings. The van der Waals surface area contributed by atoms with E-state index < -0.39 is 5.97 Å². The summed E-state index contributed by atoms with van der Waals surface area (Å²) in [6.07, 6.45) is 1.55. The average molecular weight is 396 g/mol. The molecule has 0 radical (unpaired) electrons. The molecule has 0 bridgehead atoms. The largest absolute Gasteiger partial charge is 0.465 e. The van der Waals surface area contributed by atoms with Crippen molar-refractivity contribution in [3.8, 4) is 0 Å². The molecule has 2 N–H and O–H groups in total. The van der Waals surface area contributed by atoms with E-state index in [1.807, 2.05) is 6.92 Å². The molecule has 0 aliphatic carbocycles. The van der Waals surface area contributed by atoms with Crippen molar-refractivity contribution in [2.45, 2.75) is 6.92 Å². The van der Waals surface area contributed by atoms with Crippen molar-refractivity contribution in [1.29, 1.82) is 0 Å². The molecule has 6 nitrogen and oxygen atoms in total. The van der Waals surface area contributed by atoms with Crippen molar-refractivity contribution in [3.05, 3.63) is 82.6 Å². The molecule has 3 rings (SSSR count). The minimum absolute atomic E-state index is 0.260. The zero-order chi connectivity index (χ0) is 20.1. The third-order valence-electron chi connectivity index (χ3n) is 4.10. The Morgan fingerprint density at radius 2 is 1.79 bits per heavy atom. The van der Waals surface area contributed by atoms with Gasteiger partial charge in [0.15, 0.2) is 0 Å². The van der Waals surface area contributed by atoms with Gasteiger partial charge in [0.1, 0.15) is 5.69 Å². The molecule has 0 aliphatic rings. The highest BCUT2D eigenvalue weighted by molar-refractivity contribution is 6.31. The normalized spacial score (nSPS) is 10.2. The molecule has 0 fully saturated rings. The van der Waals surface area contributed by atoms with Gasteiger partial charge in [-0.2, -0.15) is 0 Å². The zero-order valence-electron chi connectivity index (χ0n) is 15.3. The van der Waals surface area contributed by atoms with Gasteiger partial charge in [0.25, 0.3) is 5.91 Å². The van der Waals surface area contributed by atoms with Crippen molar-refractivity contribution in [2.75, 3.05) is 17.7 Å². The highest BCUT2D eigenvalue weighted by Crippen LogP contribution is 2.24. The van der Waals surface area contributed by atoms with Gasteiger partial charge < -0.3 is 15.4 Å². The number of pyridine rings is 1. The molecular weight excluding hydrogens is 378 g/mol. The molecule has 0 unspecified atom stereocenters. The van der Waals surface area contributed by atoms with Gasteiger partial charge in [-0.15, -0.1) is 0 Å². The van der Waals surface area contributed by atoms with Gasteiger partial charge in [-0.05, 0) is 61.0 Å². The van der Waals surface area contributed by atoms with Crippen LogP contribution in [0.25, 0.3) is 0 Å². The Balaban J connectivity index is 1.74. The van der Waals surface area contributed by atoms with E-state index >= 15 is 0 Å². The van der Waals surface area contributed by atoms with Crippen LogP contribution in [-0.2, 0) is 4.74 Å². The minimum atomic E-state index is -0.397. The Hall–Kier alpha value is -3.38. The molecule has 2 aromatic carbocycles. The van der Waals surface area contributed by atoms with Gasteiger partial charge in [0.2, 0.25) is 0 Å². The lowest BCUT2D eigenvalue weighted by Crippen LogP contribution is -2.14. The number of carbonyl (C=O) groups excluding carboxylic acids is 2. The number of carbonyl (C=O) groups is 2. The van der Waals surface area contributed by atoms with Crippen LogP contribution in [0.2, 0.25) is 5.02 Å². The van der Waals surface area contributed by atoms with Crippen molar-refractivity contribution < 1.29 is 14.3 Å². The highest BCUT2D eigenvalue weighted by atomic mass is 35.5. The van der Waals surface area contributed by atoms with Crippen LogP contribution in [-0.4, -0.2) is 24.0 Å². The minimum Gasteiger partial charge on any atom is -0.465 e. The number of benzene rings is 2. The summed E-state index contributed by atoms with van der Waals surface area (Å²) in [5, 5.41) is 6.57. The molecule has 0 spiro atoms. The molecule has 0 saturated carbocycles. The van der Waals surface area contributed by atoms with Gasteiger partial charge in [-0.3, -0.25) is 9.78 Å². The van der Waals surface area contributed by atoms with Crippen LogP contribution in [0.15, 0.2) is 60.8 Å². The maximum absolute atomic E-state index is 12.5. The van der Waals surface area contributed by atoms with E-state index in [9.17, 15) is 9.59 Å². The third kappa shape index (κ3) is 4.47. The number of esters is 1. The number of amides is 1. The average Bonchev–Trinajstić information content (AvgIpc) is 2.71.